The smallest absolute Gasteiger partial charge is 0.282 e. The molecule has 130 valence electrons. The molecule has 0 saturated carbocycles. The fourth-order valence-corrected chi connectivity index (χ4v) is 4.31. The summed E-state index contributed by atoms with van der Waals surface area (Å²) in [5, 5.41) is 0.531. The predicted molar refractivity (Wildman–Crippen MR) is 108 cm³/mol. The second-order valence-corrected chi connectivity index (χ2v) is 8.31. The highest BCUT2D eigenvalue weighted by atomic mass is 32.2. The van der Waals surface area contributed by atoms with Gasteiger partial charge in [0, 0.05) is 10.6 Å². The van der Waals surface area contributed by atoms with Gasteiger partial charge >= 0.3 is 0 Å². The molecule has 0 radical (unpaired) electrons. The maximum absolute atomic E-state index is 12.5. The van der Waals surface area contributed by atoms with E-state index in [1.54, 1.807) is 6.07 Å². The summed E-state index contributed by atoms with van der Waals surface area (Å²) in [6.45, 7) is 3.96. The van der Waals surface area contributed by atoms with Gasteiger partial charge in [0.2, 0.25) is 10.7 Å². The molecule has 0 saturated heterocycles. The second-order valence-electron chi connectivity index (χ2n) is 5.68. The maximum Gasteiger partial charge on any atom is 0.282 e. The summed E-state index contributed by atoms with van der Waals surface area (Å²) in [5.74, 6) is 0.721. The summed E-state index contributed by atoms with van der Waals surface area (Å²) in [6.07, 6.45) is 0. The molecule has 2 N–H and O–H groups in total. The van der Waals surface area contributed by atoms with E-state index in [4.69, 9.17) is 12.2 Å². The van der Waals surface area contributed by atoms with Crippen molar-refractivity contribution < 1.29 is 4.79 Å². The number of hydrogen-bond acceptors (Lipinski definition) is 5. The van der Waals surface area contributed by atoms with Gasteiger partial charge in [-0.25, -0.2) is 0 Å². The zero-order chi connectivity index (χ0) is 18.0. The molecule has 0 fully saturated rings. The van der Waals surface area contributed by atoms with Gasteiger partial charge in [0.1, 0.15) is 4.83 Å². The fourth-order valence-electron chi connectivity index (χ4n) is 2.34. The van der Waals surface area contributed by atoms with Crippen molar-refractivity contribution in [2.75, 3.05) is 11.2 Å². The lowest BCUT2D eigenvalue weighted by Gasteiger charge is -2.08. The number of benzene rings is 1. The first kappa shape index (κ1) is 17.9. The predicted octanol–water partition coefficient (Wildman–Crippen LogP) is 3.74. The molecule has 0 spiro atoms. The van der Waals surface area contributed by atoms with Crippen LogP contribution in [-0.2, 0) is 10.5 Å². The van der Waals surface area contributed by atoms with Crippen LogP contribution in [0, 0.1) is 18.6 Å². The first-order chi connectivity index (χ1) is 11.9. The number of hydrogen-bond donors (Lipinski definition) is 2. The number of thiophene rings is 1. The Morgan fingerprint density at radius 1 is 1.32 bits per heavy atom. The van der Waals surface area contributed by atoms with Crippen LogP contribution in [-0.4, -0.2) is 21.3 Å². The highest BCUT2D eigenvalue weighted by Gasteiger charge is 2.11. The number of nitrogens with zero attached hydrogens (tertiary/aromatic N) is 1. The van der Waals surface area contributed by atoms with Gasteiger partial charge in [-0.05, 0) is 37.7 Å². The van der Waals surface area contributed by atoms with Crippen LogP contribution < -0.4 is 11.0 Å². The Balaban J connectivity index is 1.66. The zero-order valence-electron chi connectivity index (χ0n) is 13.8. The van der Waals surface area contributed by atoms with Crippen molar-refractivity contribution >= 4 is 51.4 Å². The lowest BCUT2D eigenvalue weighted by Crippen LogP contribution is -2.35. The molecule has 25 heavy (non-hydrogen) atoms. The monoisotopic (exact) mass is 391 g/mol. The van der Waals surface area contributed by atoms with Crippen molar-refractivity contribution in [1.82, 2.24) is 9.66 Å². The van der Waals surface area contributed by atoms with Crippen LogP contribution in [0.25, 0.3) is 10.2 Å². The SMILES string of the molecule is Cc1ccc(CSCC(=O)Nn2c(=S)[nH]c3sc(C)cc3c2=O)cc1. The van der Waals surface area contributed by atoms with E-state index in [9.17, 15) is 9.59 Å². The number of fused-ring (bicyclic) bond motifs is 1. The van der Waals surface area contributed by atoms with Gasteiger partial charge in [-0.15, -0.1) is 23.1 Å². The van der Waals surface area contributed by atoms with E-state index in [2.05, 4.69) is 10.4 Å². The lowest BCUT2D eigenvalue weighted by molar-refractivity contribution is -0.114. The summed E-state index contributed by atoms with van der Waals surface area (Å²) < 4.78 is 1.30. The first-order valence-corrected chi connectivity index (χ1v) is 10.0. The van der Waals surface area contributed by atoms with E-state index < -0.39 is 0 Å². The molecule has 3 aromatic rings. The lowest BCUT2D eigenvalue weighted by atomic mass is 10.2. The number of nitrogens with one attached hydrogen (secondary N) is 2. The van der Waals surface area contributed by atoms with Crippen LogP contribution in [0.5, 0.6) is 0 Å². The molecule has 8 heteroatoms. The summed E-state index contributed by atoms with van der Waals surface area (Å²) in [4.78, 5) is 29.4. The number of aromatic amines is 1. The topological polar surface area (TPSA) is 66.9 Å². The van der Waals surface area contributed by atoms with Gasteiger partial charge in [-0.1, -0.05) is 29.8 Å². The first-order valence-electron chi connectivity index (χ1n) is 7.62. The average molecular weight is 392 g/mol. The van der Waals surface area contributed by atoms with E-state index in [1.807, 2.05) is 38.1 Å². The number of thioether (sulfide) groups is 1. The molecule has 1 aromatic carbocycles. The summed E-state index contributed by atoms with van der Waals surface area (Å²) in [6, 6.07) is 9.99. The molecule has 2 heterocycles. The van der Waals surface area contributed by atoms with E-state index in [1.165, 1.54) is 28.7 Å². The van der Waals surface area contributed by atoms with Crippen molar-refractivity contribution in [3.8, 4) is 0 Å². The van der Waals surface area contributed by atoms with E-state index in [0.29, 0.717) is 5.39 Å². The van der Waals surface area contributed by atoms with Gasteiger partial charge in [0.25, 0.3) is 5.56 Å². The molecule has 0 aliphatic carbocycles. The molecular weight excluding hydrogens is 374 g/mol. The Morgan fingerprint density at radius 3 is 2.76 bits per heavy atom. The molecule has 5 nitrogen and oxygen atoms in total. The number of H-pyrrole nitrogens is 1. The zero-order valence-corrected chi connectivity index (χ0v) is 16.2. The summed E-state index contributed by atoms with van der Waals surface area (Å²) in [5.41, 5.74) is 4.65. The van der Waals surface area contributed by atoms with Crippen molar-refractivity contribution in [3.05, 3.63) is 61.5 Å². The third-order valence-corrected chi connectivity index (χ3v) is 5.83. The standard InChI is InChI=1S/C17H17N3O2S3/c1-10-3-5-12(6-4-10)8-24-9-14(21)19-20-16(22)13-7-11(2)25-15(13)18-17(20)23/h3-7H,8-9H2,1-2H3,(H,18,23)(H,19,21). The van der Waals surface area contributed by atoms with Gasteiger partial charge in [-0.3, -0.25) is 15.0 Å². The van der Waals surface area contributed by atoms with E-state index in [0.717, 1.165) is 25.7 Å². The van der Waals surface area contributed by atoms with Gasteiger partial charge in [0.15, 0.2) is 0 Å². The Bertz CT molecular complexity index is 1030. The Hall–Kier alpha value is -1.90. The van der Waals surface area contributed by atoms with Crippen molar-refractivity contribution in [2.45, 2.75) is 19.6 Å². The van der Waals surface area contributed by atoms with Crippen LogP contribution in [0.2, 0.25) is 0 Å². The summed E-state index contributed by atoms with van der Waals surface area (Å²) >= 11 is 8.15. The molecule has 0 aliphatic rings. The van der Waals surface area contributed by atoms with Crippen LogP contribution in [0.15, 0.2) is 35.1 Å². The highest BCUT2D eigenvalue weighted by molar-refractivity contribution is 7.99. The van der Waals surface area contributed by atoms with Gasteiger partial charge in [0.05, 0.1) is 11.1 Å². The summed E-state index contributed by atoms with van der Waals surface area (Å²) in [7, 11) is 0. The third-order valence-electron chi connectivity index (χ3n) is 3.57. The highest BCUT2D eigenvalue weighted by Crippen LogP contribution is 2.19. The number of carbonyl (C=O) groups is 1. The van der Waals surface area contributed by atoms with Gasteiger partial charge in [-0.2, -0.15) is 4.68 Å². The molecule has 1 amide bonds. The van der Waals surface area contributed by atoms with Crippen LogP contribution in [0.3, 0.4) is 0 Å². The van der Waals surface area contributed by atoms with Crippen LogP contribution >= 0.6 is 35.3 Å². The van der Waals surface area contributed by atoms with E-state index >= 15 is 0 Å². The van der Waals surface area contributed by atoms with Crippen molar-refractivity contribution in [2.24, 2.45) is 0 Å². The minimum atomic E-state index is -0.306. The molecule has 0 atom stereocenters. The minimum Gasteiger partial charge on any atom is -0.322 e. The molecular formula is C17H17N3O2S3. The number of rotatable bonds is 5. The molecule has 0 unspecified atom stereocenters. The fraction of sp³-hybridized carbons (Fsp3) is 0.235. The largest absolute Gasteiger partial charge is 0.322 e. The molecule has 2 aromatic heterocycles. The van der Waals surface area contributed by atoms with Crippen molar-refractivity contribution in [1.29, 1.82) is 0 Å². The average Bonchev–Trinajstić information content (AvgIpc) is 2.94. The van der Waals surface area contributed by atoms with Crippen molar-refractivity contribution in [3.63, 3.8) is 0 Å². The van der Waals surface area contributed by atoms with Crippen LogP contribution in [0.4, 0.5) is 0 Å². The third kappa shape index (κ3) is 4.20. The Labute approximate surface area is 158 Å². The maximum atomic E-state index is 12.5. The Morgan fingerprint density at radius 2 is 2.04 bits per heavy atom. The number of aromatic nitrogens is 2. The minimum absolute atomic E-state index is 0.191. The normalized spacial score (nSPS) is 11.0. The molecule has 0 aliphatic heterocycles. The van der Waals surface area contributed by atoms with E-state index in [-0.39, 0.29) is 22.0 Å². The van der Waals surface area contributed by atoms with Crippen LogP contribution in [0.1, 0.15) is 16.0 Å². The molecule has 3 rings (SSSR count). The van der Waals surface area contributed by atoms with Gasteiger partial charge < -0.3 is 4.98 Å². The number of carbonyl (C=O) groups excluding carboxylic acids is 1. The quantitative estimate of drug-likeness (QED) is 0.650. The number of aryl methyl sites for hydroxylation is 2. The Kier molecular flexibility index (Phi) is 5.41. The second kappa shape index (κ2) is 7.55. The number of amides is 1. The molecule has 0 bridgehead atoms.